The first kappa shape index (κ1) is 19.4. The van der Waals surface area contributed by atoms with Gasteiger partial charge in [-0.2, -0.15) is 0 Å². The van der Waals surface area contributed by atoms with Gasteiger partial charge in [-0.25, -0.2) is 18.7 Å². The van der Waals surface area contributed by atoms with Gasteiger partial charge in [0.2, 0.25) is 5.95 Å². The topological polar surface area (TPSA) is 66.9 Å². The Labute approximate surface area is 161 Å². The maximum Gasteiger partial charge on any atom is 0.274 e. The van der Waals surface area contributed by atoms with E-state index in [9.17, 15) is 13.6 Å². The van der Waals surface area contributed by atoms with Gasteiger partial charge in [0.15, 0.2) is 0 Å². The summed E-state index contributed by atoms with van der Waals surface area (Å²) in [5.74, 6) is -2.10. The van der Waals surface area contributed by atoms with Crippen molar-refractivity contribution in [1.29, 1.82) is 0 Å². The summed E-state index contributed by atoms with van der Waals surface area (Å²) in [4.78, 5) is 20.4. The summed E-state index contributed by atoms with van der Waals surface area (Å²) in [5, 5.41) is 5.22. The first-order valence-corrected chi connectivity index (χ1v) is 8.70. The zero-order valence-corrected chi connectivity index (χ0v) is 15.8. The largest absolute Gasteiger partial charge is 0.321 e. The summed E-state index contributed by atoms with van der Waals surface area (Å²) in [7, 11) is 0. The maximum atomic E-state index is 13.8. The second kappa shape index (κ2) is 7.72. The number of nitrogens with zero attached hydrogens (tertiary/aromatic N) is 2. The lowest BCUT2D eigenvalue weighted by atomic mass is 9.87. The number of nitrogens with one attached hydrogen (secondary N) is 2. The molecule has 28 heavy (non-hydrogen) atoms. The van der Waals surface area contributed by atoms with Gasteiger partial charge in [-0.05, 0) is 41.3 Å². The molecule has 0 fully saturated rings. The summed E-state index contributed by atoms with van der Waals surface area (Å²) in [5.41, 5.74) is 1.46. The van der Waals surface area contributed by atoms with Crippen LogP contribution in [0.3, 0.4) is 0 Å². The van der Waals surface area contributed by atoms with Crippen molar-refractivity contribution in [1.82, 2.24) is 9.97 Å². The normalized spacial score (nSPS) is 11.2. The van der Waals surface area contributed by atoms with Gasteiger partial charge < -0.3 is 10.6 Å². The molecule has 0 saturated carbocycles. The minimum atomic E-state index is -0.780. The molecule has 0 aliphatic rings. The summed E-state index contributed by atoms with van der Waals surface area (Å²) >= 11 is 0. The van der Waals surface area contributed by atoms with Crippen molar-refractivity contribution >= 4 is 23.2 Å². The van der Waals surface area contributed by atoms with Crippen LogP contribution in [0, 0.1) is 11.6 Å². The molecule has 0 unspecified atom stereocenters. The fourth-order valence-electron chi connectivity index (χ4n) is 2.52. The quantitative estimate of drug-likeness (QED) is 0.663. The number of benzene rings is 2. The van der Waals surface area contributed by atoms with Crippen LogP contribution in [0.25, 0.3) is 0 Å². The molecule has 5 nitrogen and oxygen atoms in total. The highest BCUT2D eigenvalue weighted by Crippen LogP contribution is 2.24. The molecule has 0 radical (unpaired) electrons. The first-order valence-electron chi connectivity index (χ1n) is 8.70. The van der Waals surface area contributed by atoms with E-state index in [2.05, 4.69) is 41.4 Å². The molecule has 144 valence electrons. The Kier molecular flexibility index (Phi) is 5.35. The standard InChI is InChI=1S/C21H20F2N4O/c1-21(2,3)13-7-9-14(10-8-13)25-19(28)17-11-12-24-20(26-17)27-18-15(22)5-4-6-16(18)23/h4-12H,1-3H3,(H,25,28)(H,24,26,27). The smallest absolute Gasteiger partial charge is 0.274 e. The SMILES string of the molecule is CC(C)(C)c1ccc(NC(=O)c2ccnc(Nc3c(F)cccc3F)n2)cc1. The van der Waals surface area contributed by atoms with Crippen LogP contribution in [0.1, 0.15) is 36.8 Å². The van der Waals surface area contributed by atoms with Crippen molar-refractivity contribution in [2.24, 2.45) is 0 Å². The van der Waals surface area contributed by atoms with Crippen molar-refractivity contribution in [2.45, 2.75) is 26.2 Å². The van der Waals surface area contributed by atoms with Crippen LogP contribution in [0.15, 0.2) is 54.7 Å². The molecule has 0 spiro atoms. The van der Waals surface area contributed by atoms with E-state index in [1.54, 1.807) is 0 Å². The van der Waals surface area contributed by atoms with E-state index >= 15 is 0 Å². The minimum Gasteiger partial charge on any atom is -0.321 e. The second-order valence-corrected chi connectivity index (χ2v) is 7.27. The number of hydrogen-bond donors (Lipinski definition) is 2. The van der Waals surface area contributed by atoms with Crippen molar-refractivity contribution in [3.8, 4) is 0 Å². The van der Waals surface area contributed by atoms with Gasteiger partial charge in [-0.15, -0.1) is 0 Å². The molecule has 2 aromatic carbocycles. The molecule has 7 heteroatoms. The van der Waals surface area contributed by atoms with Crippen molar-refractivity contribution in [2.75, 3.05) is 10.6 Å². The van der Waals surface area contributed by atoms with Gasteiger partial charge in [0.25, 0.3) is 5.91 Å². The van der Waals surface area contributed by atoms with Gasteiger partial charge >= 0.3 is 0 Å². The van der Waals surface area contributed by atoms with E-state index in [1.807, 2.05) is 24.3 Å². The van der Waals surface area contributed by atoms with Gasteiger partial charge in [-0.3, -0.25) is 4.79 Å². The number of rotatable bonds is 4. The average Bonchev–Trinajstić information content (AvgIpc) is 2.65. The minimum absolute atomic E-state index is 0.0117. The molecule has 0 bridgehead atoms. The van der Waals surface area contributed by atoms with Crippen LogP contribution in [-0.2, 0) is 5.41 Å². The fourth-order valence-corrected chi connectivity index (χ4v) is 2.52. The van der Waals surface area contributed by atoms with Crippen LogP contribution in [0.4, 0.5) is 26.1 Å². The lowest BCUT2D eigenvalue weighted by molar-refractivity contribution is 0.102. The Morgan fingerprint density at radius 2 is 1.61 bits per heavy atom. The number of carbonyl (C=O) groups is 1. The maximum absolute atomic E-state index is 13.8. The predicted octanol–water partition coefficient (Wildman–Crippen LogP) is 5.05. The molecule has 0 saturated heterocycles. The molecule has 0 aliphatic heterocycles. The van der Waals surface area contributed by atoms with Gasteiger partial charge in [-0.1, -0.05) is 39.0 Å². The highest BCUT2D eigenvalue weighted by atomic mass is 19.1. The highest BCUT2D eigenvalue weighted by molar-refractivity contribution is 6.03. The third kappa shape index (κ3) is 4.49. The number of carbonyl (C=O) groups excluding carboxylic acids is 1. The second-order valence-electron chi connectivity index (χ2n) is 7.27. The van der Waals surface area contributed by atoms with E-state index in [4.69, 9.17) is 0 Å². The Bertz CT molecular complexity index is 978. The van der Waals surface area contributed by atoms with Crippen LogP contribution in [0.5, 0.6) is 0 Å². The molecule has 0 atom stereocenters. The van der Waals surface area contributed by atoms with E-state index in [-0.39, 0.29) is 22.7 Å². The summed E-state index contributed by atoms with van der Waals surface area (Å²) < 4.78 is 27.5. The Balaban J connectivity index is 1.75. The predicted molar refractivity (Wildman–Crippen MR) is 105 cm³/mol. The zero-order chi connectivity index (χ0) is 20.3. The third-order valence-electron chi connectivity index (χ3n) is 4.10. The van der Waals surface area contributed by atoms with Crippen molar-refractivity contribution in [3.05, 3.63) is 77.6 Å². The molecular formula is C21H20F2N4O. The van der Waals surface area contributed by atoms with Crippen LogP contribution >= 0.6 is 0 Å². The monoisotopic (exact) mass is 382 g/mol. The number of aromatic nitrogens is 2. The van der Waals surface area contributed by atoms with E-state index in [1.165, 1.54) is 18.3 Å². The fraction of sp³-hybridized carbons (Fsp3) is 0.190. The molecule has 0 aliphatic carbocycles. The van der Waals surface area contributed by atoms with Crippen LogP contribution < -0.4 is 10.6 Å². The average molecular weight is 382 g/mol. The number of halogens is 2. The van der Waals surface area contributed by atoms with Gasteiger partial charge in [0.1, 0.15) is 23.0 Å². The lowest BCUT2D eigenvalue weighted by Gasteiger charge is -2.19. The third-order valence-corrected chi connectivity index (χ3v) is 4.10. The van der Waals surface area contributed by atoms with E-state index in [0.717, 1.165) is 17.7 Å². The first-order chi connectivity index (χ1) is 13.2. The molecule has 2 N–H and O–H groups in total. The number of para-hydroxylation sites is 1. The number of anilines is 3. The molecule has 1 aromatic heterocycles. The molecule has 3 rings (SSSR count). The van der Waals surface area contributed by atoms with Crippen molar-refractivity contribution < 1.29 is 13.6 Å². The zero-order valence-electron chi connectivity index (χ0n) is 15.8. The van der Waals surface area contributed by atoms with Crippen LogP contribution in [-0.4, -0.2) is 15.9 Å². The molecule has 1 amide bonds. The Morgan fingerprint density at radius 3 is 2.21 bits per heavy atom. The summed E-state index contributed by atoms with van der Waals surface area (Å²) in [6.07, 6.45) is 1.34. The summed E-state index contributed by atoms with van der Waals surface area (Å²) in [6, 6.07) is 12.4. The van der Waals surface area contributed by atoms with Gasteiger partial charge in [0.05, 0.1) is 0 Å². The summed E-state index contributed by atoms with van der Waals surface area (Å²) in [6.45, 7) is 6.32. The van der Waals surface area contributed by atoms with Crippen LogP contribution in [0.2, 0.25) is 0 Å². The van der Waals surface area contributed by atoms with Gasteiger partial charge in [0, 0.05) is 11.9 Å². The number of hydrogen-bond acceptors (Lipinski definition) is 4. The Morgan fingerprint density at radius 1 is 0.964 bits per heavy atom. The molecule has 3 aromatic rings. The van der Waals surface area contributed by atoms with E-state index < -0.39 is 17.5 Å². The number of amides is 1. The van der Waals surface area contributed by atoms with E-state index in [0.29, 0.717) is 5.69 Å². The Hall–Kier alpha value is -3.35. The molecular weight excluding hydrogens is 362 g/mol. The molecule has 1 heterocycles. The highest BCUT2D eigenvalue weighted by Gasteiger charge is 2.15. The van der Waals surface area contributed by atoms with Crippen molar-refractivity contribution in [3.63, 3.8) is 0 Å². The lowest BCUT2D eigenvalue weighted by Crippen LogP contribution is -2.15.